The Morgan fingerprint density at radius 2 is 1.73 bits per heavy atom. The Hall–Kier alpha value is -1.13. The summed E-state index contributed by atoms with van der Waals surface area (Å²) < 4.78 is 11.4. The van der Waals surface area contributed by atoms with Gasteiger partial charge in [-0.2, -0.15) is 0 Å². The Bertz CT molecular complexity index is 741. The fourth-order valence-electron chi connectivity index (χ4n) is 3.22. The number of nitrogens with one attached hydrogen (secondary N) is 1. The Kier molecular flexibility index (Phi) is 6.93. The molecule has 2 aromatic carbocycles. The number of hydrogen-bond donors (Lipinski definition) is 1. The van der Waals surface area contributed by atoms with Gasteiger partial charge in [-0.05, 0) is 42.7 Å². The van der Waals surface area contributed by atoms with Gasteiger partial charge in [0.15, 0.2) is 11.5 Å². The number of rotatable bonds is 7. The molecule has 1 N–H and O–H groups in total. The molecule has 1 aliphatic carbocycles. The molecule has 2 aromatic rings. The summed E-state index contributed by atoms with van der Waals surface area (Å²) in [5, 5.41) is 5.21. The van der Waals surface area contributed by atoms with E-state index in [2.05, 4.69) is 5.32 Å². The summed E-state index contributed by atoms with van der Waals surface area (Å²) in [6.07, 6.45) is 5.09. The molecule has 0 radical (unpaired) electrons. The van der Waals surface area contributed by atoms with Crippen LogP contribution in [-0.2, 0) is 13.2 Å². The quantitative estimate of drug-likeness (QED) is 0.579. The van der Waals surface area contributed by atoms with Crippen LogP contribution in [0.4, 0.5) is 0 Å². The molecule has 0 amide bonds. The molecule has 1 aliphatic rings. The largest absolute Gasteiger partial charge is 0.493 e. The van der Waals surface area contributed by atoms with E-state index in [-0.39, 0.29) is 6.61 Å². The van der Waals surface area contributed by atoms with E-state index in [0.29, 0.717) is 32.6 Å². The second-order valence-electron chi connectivity index (χ2n) is 6.46. The van der Waals surface area contributed by atoms with Gasteiger partial charge in [0, 0.05) is 28.2 Å². The van der Waals surface area contributed by atoms with Gasteiger partial charge in [0.25, 0.3) is 0 Å². The van der Waals surface area contributed by atoms with Gasteiger partial charge in [-0.1, -0.05) is 53.7 Å². The van der Waals surface area contributed by atoms with Gasteiger partial charge >= 0.3 is 0 Å². The molecular weight excluding hydrogens is 393 g/mol. The van der Waals surface area contributed by atoms with Crippen molar-refractivity contribution in [3.8, 4) is 11.5 Å². The zero-order chi connectivity index (χ0) is 18.5. The summed E-state index contributed by atoms with van der Waals surface area (Å²) in [5.41, 5.74) is 1.79. The van der Waals surface area contributed by atoms with Crippen molar-refractivity contribution in [3.63, 3.8) is 0 Å². The smallest absolute Gasteiger partial charge is 0.180 e. The zero-order valence-corrected chi connectivity index (χ0v) is 16.9. The molecule has 3 nitrogen and oxygen atoms in total. The van der Waals surface area contributed by atoms with Crippen LogP contribution < -0.4 is 14.8 Å². The van der Waals surface area contributed by atoms with E-state index in [1.807, 2.05) is 12.1 Å². The third kappa shape index (κ3) is 4.77. The minimum Gasteiger partial charge on any atom is -0.493 e. The maximum absolute atomic E-state index is 6.46. The van der Waals surface area contributed by atoms with Gasteiger partial charge in [0.2, 0.25) is 0 Å². The van der Waals surface area contributed by atoms with Crippen molar-refractivity contribution < 1.29 is 9.47 Å². The molecule has 140 valence electrons. The second-order valence-corrected chi connectivity index (χ2v) is 7.68. The zero-order valence-electron chi connectivity index (χ0n) is 14.7. The molecule has 6 heteroatoms. The number of benzene rings is 2. The van der Waals surface area contributed by atoms with E-state index in [1.165, 1.54) is 25.7 Å². The molecular formula is C20H22Cl3NO2. The molecule has 0 unspecified atom stereocenters. The summed E-state index contributed by atoms with van der Waals surface area (Å²) in [6, 6.07) is 9.82. The second kappa shape index (κ2) is 9.18. The van der Waals surface area contributed by atoms with Crippen molar-refractivity contribution in [1.29, 1.82) is 0 Å². The predicted octanol–water partition coefficient (Wildman–Crippen LogP) is 6.27. The summed E-state index contributed by atoms with van der Waals surface area (Å²) in [7, 11) is 1.61. The van der Waals surface area contributed by atoms with Crippen LogP contribution in [0.15, 0.2) is 30.3 Å². The highest BCUT2D eigenvalue weighted by Crippen LogP contribution is 2.38. The molecule has 0 aliphatic heterocycles. The lowest BCUT2D eigenvalue weighted by Crippen LogP contribution is -2.25. The lowest BCUT2D eigenvalue weighted by Gasteiger charge is -2.17. The first-order valence-corrected chi connectivity index (χ1v) is 9.87. The number of methoxy groups -OCH3 is 1. The van der Waals surface area contributed by atoms with E-state index in [0.717, 1.165) is 17.7 Å². The Morgan fingerprint density at radius 3 is 2.38 bits per heavy atom. The van der Waals surface area contributed by atoms with Gasteiger partial charge < -0.3 is 14.8 Å². The fraction of sp³-hybridized carbons (Fsp3) is 0.400. The third-order valence-electron chi connectivity index (χ3n) is 4.66. The molecule has 1 fully saturated rings. The summed E-state index contributed by atoms with van der Waals surface area (Å²) in [5.74, 6) is 1.10. The van der Waals surface area contributed by atoms with E-state index in [1.54, 1.807) is 25.3 Å². The fourth-order valence-corrected chi connectivity index (χ4v) is 4.02. The van der Waals surface area contributed by atoms with Gasteiger partial charge in [-0.25, -0.2) is 0 Å². The van der Waals surface area contributed by atoms with E-state index >= 15 is 0 Å². The van der Waals surface area contributed by atoms with Gasteiger partial charge in [0.1, 0.15) is 6.61 Å². The van der Waals surface area contributed by atoms with Crippen molar-refractivity contribution in [2.75, 3.05) is 7.11 Å². The molecule has 1 saturated carbocycles. The van der Waals surface area contributed by atoms with Crippen LogP contribution in [0.1, 0.15) is 36.8 Å². The van der Waals surface area contributed by atoms with Gasteiger partial charge in [0.05, 0.1) is 12.1 Å². The minimum atomic E-state index is 0.217. The lowest BCUT2D eigenvalue weighted by atomic mass is 10.1. The van der Waals surface area contributed by atoms with Crippen molar-refractivity contribution in [3.05, 3.63) is 56.5 Å². The number of ether oxygens (including phenoxy) is 2. The Morgan fingerprint density at radius 1 is 1.04 bits per heavy atom. The maximum atomic E-state index is 6.46. The van der Waals surface area contributed by atoms with E-state index < -0.39 is 0 Å². The molecule has 3 rings (SSSR count). The van der Waals surface area contributed by atoms with Crippen LogP contribution >= 0.6 is 34.8 Å². The SMILES string of the molecule is COc1cc(CNC2CCCC2)cc(Cl)c1OCc1c(Cl)cccc1Cl. The molecule has 0 bridgehead atoms. The van der Waals surface area contributed by atoms with Crippen molar-refractivity contribution >= 4 is 34.8 Å². The lowest BCUT2D eigenvalue weighted by molar-refractivity contribution is 0.284. The first kappa shape index (κ1) is 19.6. The number of halogens is 3. The van der Waals surface area contributed by atoms with Crippen molar-refractivity contribution in [2.24, 2.45) is 0 Å². The summed E-state index contributed by atoms with van der Waals surface area (Å²) in [4.78, 5) is 0. The highest BCUT2D eigenvalue weighted by atomic mass is 35.5. The molecule has 0 spiro atoms. The average molecular weight is 415 g/mol. The average Bonchev–Trinajstić information content (AvgIpc) is 3.14. The maximum Gasteiger partial charge on any atom is 0.180 e. The first-order chi connectivity index (χ1) is 12.6. The molecule has 0 aromatic heterocycles. The highest BCUT2D eigenvalue weighted by Gasteiger charge is 2.17. The highest BCUT2D eigenvalue weighted by molar-refractivity contribution is 6.36. The number of hydrogen-bond acceptors (Lipinski definition) is 3. The van der Waals surface area contributed by atoms with Gasteiger partial charge in [-0.15, -0.1) is 0 Å². The predicted molar refractivity (Wildman–Crippen MR) is 108 cm³/mol. The van der Waals surface area contributed by atoms with E-state index in [9.17, 15) is 0 Å². The Balaban J connectivity index is 1.72. The molecule has 0 saturated heterocycles. The van der Waals surface area contributed by atoms with Crippen molar-refractivity contribution in [1.82, 2.24) is 5.32 Å². The van der Waals surface area contributed by atoms with Crippen LogP contribution in [0.25, 0.3) is 0 Å². The van der Waals surface area contributed by atoms with Crippen molar-refractivity contribution in [2.45, 2.75) is 44.9 Å². The Labute approximate surface area is 169 Å². The van der Waals surface area contributed by atoms with Crippen LogP contribution in [0.5, 0.6) is 11.5 Å². The van der Waals surface area contributed by atoms with Crippen LogP contribution in [0.2, 0.25) is 15.1 Å². The van der Waals surface area contributed by atoms with Crippen LogP contribution in [0, 0.1) is 0 Å². The van der Waals surface area contributed by atoms with Gasteiger partial charge in [-0.3, -0.25) is 0 Å². The van der Waals surface area contributed by atoms with E-state index in [4.69, 9.17) is 44.3 Å². The monoisotopic (exact) mass is 413 g/mol. The topological polar surface area (TPSA) is 30.5 Å². The molecule has 0 heterocycles. The first-order valence-electron chi connectivity index (χ1n) is 8.74. The van der Waals surface area contributed by atoms with Crippen LogP contribution in [-0.4, -0.2) is 13.2 Å². The minimum absolute atomic E-state index is 0.217. The third-order valence-corrected chi connectivity index (χ3v) is 5.65. The summed E-state index contributed by atoms with van der Waals surface area (Å²) in [6.45, 7) is 0.978. The molecule has 0 atom stereocenters. The molecule has 26 heavy (non-hydrogen) atoms. The van der Waals surface area contributed by atoms with Crippen LogP contribution in [0.3, 0.4) is 0 Å². The summed E-state index contributed by atoms with van der Waals surface area (Å²) >= 11 is 18.9. The normalized spacial score (nSPS) is 14.6. The standard InChI is InChI=1S/C20H22Cl3NO2/c1-25-19-10-13(11-24-14-5-2-3-6-14)9-18(23)20(19)26-12-15-16(21)7-4-8-17(15)22/h4,7-10,14,24H,2-3,5-6,11-12H2,1H3.